The zero-order chi connectivity index (χ0) is 22.5. The zero-order valence-corrected chi connectivity index (χ0v) is 17.0. The van der Waals surface area contributed by atoms with Crippen molar-refractivity contribution in [3.05, 3.63) is 59.1 Å². The molecule has 0 fully saturated rings. The largest absolute Gasteiger partial charge is 0.455 e. The maximum Gasteiger partial charge on any atom is 0.418 e. The molecule has 0 aromatic heterocycles. The molecule has 7 nitrogen and oxygen atoms in total. The van der Waals surface area contributed by atoms with E-state index in [1.54, 1.807) is 0 Å². The molecule has 2 rings (SSSR count). The van der Waals surface area contributed by atoms with Crippen LogP contribution in [0.25, 0.3) is 0 Å². The highest BCUT2D eigenvalue weighted by molar-refractivity contribution is 7.89. The van der Waals surface area contributed by atoms with Crippen LogP contribution in [0.1, 0.15) is 5.56 Å². The summed E-state index contributed by atoms with van der Waals surface area (Å²) >= 11 is 5.71. The molecule has 0 unspecified atom stereocenters. The summed E-state index contributed by atoms with van der Waals surface area (Å²) in [5.41, 5.74) is -1.55. The van der Waals surface area contributed by atoms with Crippen LogP contribution in [0.3, 0.4) is 0 Å². The van der Waals surface area contributed by atoms with Gasteiger partial charge in [0.15, 0.2) is 6.61 Å². The van der Waals surface area contributed by atoms with Crippen LogP contribution in [-0.4, -0.2) is 44.8 Å². The molecular weight excluding hydrogens is 449 g/mol. The van der Waals surface area contributed by atoms with E-state index in [4.69, 9.17) is 11.6 Å². The van der Waals surface area contributed by atoms with Gasteiger partial charge in [0, 0.05) is 12.1 Å². The van der Waals surface area contributed by atoms with Crippen LogP contribution in [0.5, 0.6) is 0 Å². The van der Waals surface area contributed by atoms with Crippen molar-refractivity contribution in [2.45, 2.75) is 11.1 Å². The highest BCUT2D eigenvalue weighted by atomic mass is 35.5. The van der Waals surface area contributed by atoms with Gasteiger partial charge in [-0.2, -0.15) is 17.5 Å². The third kappa shape index (κ3) is 6.18. The summed E-state index contributed by atoms with van der Waals surface area (Å²) in [4.78, 5) is 23.6. The molecule has 30 heavy (non-hydrogen) atoms. The molecule has 0 heterocycles. The predicted octanol–water partition coefficient (Wildman–Crippen LogP) is 3.16. The van der Waals surface area contributed by atoms with Gasteiger partial charge in [-0.1, -0.05) is 23.7 Å². The van der Waals surface area contributed by atoms with Crippen LogP contribution in [0.2, 0.25) is 5.02 Å². The second-order valence-electron chi connectivity index (χ2n) is 5.97. The van der Waals surface area contributed by atoms with Crippen molar-refractivity contribution in [3.8, 4) is 0 Å². The number of likely N-dealkylation sites (N-methyl/N-ethyl adjacent to an activating group) is 1. The van der Waals surface area contributed by atoms with Gasteiger partial charge in [-0.15, -0.1) is 0 Å². The maximum atomic E-state index is 12.9. The smallest absolute Gasteiger partial charge is 0.418 e. The molecule has 2 aromatic carbocycles. The third-order valence-corrected chi connectivity index (χ3v) is 5.81. The van der Waals surface area contributed by atoms with Gasteiger partial charge >= 0.3 is 12.1 Å². The number of ether oxygens (including phenoxy) is 1. The van der Waals surface area contributed by atoms with Crippen molar-refractivity contribution >= 4 is 39.2 Å². The van der Waals surface area contributed by atoms with E-state index in [0.717, 1.165) is 25.2 Å². The molecule has 0 aliphatic rings. The van der Waals surface area contributed by atoms with Gasteiger partial charge in [-0.25, -0.2) is 8.42 Å². The first kappa shape index (κ1) is 23.6. The van der Waals surface area contributed by atoms with E-state index in [-0.39, 0.29) is 4.90 Å². The summed E-state index contributed by atoms with van der Waals surface area (Å²) in [5.74, 6) is -2.07. The fourth-order valence-corrected chi connectivity index (χ4v) is 3.51. The van der Waals surface area contributed by atoms with Crippen LogP contribution in [0, 0.1) is 0 Å². The summed E-state index contributed by atoms with van der Waals surface area (Å²) in [6.45, 7) is -1.60. The number of nitrogens with zero attached hydrogens (tertiary/aromatic N) is 1. The van der Waals surface area contributed by atoms with Crippen LogP contribution < -0.4 is 5.32 Å². The molecule has 0 aliphatic carbocycles. The Balaban J connectivity index is 1.93. The minimum atomic E-state index is -4.68. The Morgan fingerprint density at radius 3 is 2.30 bits per heavy atom. The normalized spacial score (nSPS) is 11.9. The van der Waals surface area contributed by atoms with Crippen molar-refractivity contribution in [2.75, 3.05) is 25.5 Å². The number of amides is 1. The van der Waals surface area contributed by atoms with Gasteiger partial charge < -0.3 is 10.1 Å². The van der Waals surface area contributed by atoms with Crippen LogP contribution in [0.4, 0.5) is 18.9 Å². The number of carbonyl (C=O) groups excluding carboxylic acids is 2. The molecular formula is C18H16ClF3N2O5S. The van der Waals surface area contributed by atoms with Crippen LogP contribution >= 0.6 is 11.6 Å². The number of carbonyl (C=O) groups is 2. The standard InChI is InChI=1S/C18H16ClF3N2O5S/c1-24(30(27,28)13-8-6-12(19)7-9-13)10-17(26)29-11-16(25)23-15-5-3-2-4-14(15)18(20,21)22/h2-9H,10-11H2,1H3,(H,23,25). The number of hydrogen-bond acceptors (Lipinski definition) is 5. The number of esters is 1. The van der Waals surface area contributed by atoms with Gasteiger partial charge in [0.1, 0.15) is 6.54 Å². The lowest BCUT2D eigenvalue weighted by molar-refractivity contribution is -0.147. The van der Waals surface area contributed by atoms with Gasteiger partial charge in [-0.05, 0) is 36.4 Å². The second-order valence-corrected chi connectivity index (χ2v) is 8.45. The van der Waals surface area contributed by atoms with Crippen molar-refractivity contribution in [2.24, 2.45) is 0 Å². The van der Waals surface area contributed by atoms with Crippen LogP contribution in [-0.2, 0) is 30.5 Å². The summed E-state index contributed by atoms with van der Waals surface area (Å²) in [5, 5.41) is 2.33. The first-order chi connectivity index (χ1) is 13.9. The van der Waals surface area contributed by atoms with E-state index >= 15 is 0 Å². The number of alkyl halides is 3. The molecule has 162 valence electrons. The summed E-state index contributed by atoms with van der Waals surface area (Å²) in [6, 6.07) is 9.54. The number of sulfonamides is 1. The molecule has 0 saturated heterocycles. The molecule has 1 N–H and O–H groups in total. The quantitative estimate of drug-likeness (QED) is 0.635. The fourth-order valence-electron chi connectivity index (χ4n) is 2.27. The van der Waals surface area contributed by atoms with Crippen LogP contribution in [0.15, 0.2) is 53.4 Å². The number of hydrogen-bond donors (Lipinski definition) is 1. The number of anilines is 1. The highest BCUT2D eigenvalue weighted by Crippen LogP contribution is 2.34. The van der Waals surface area contributed by atoms with Crippen molar-refractivity contribution in [1.29, 1.82) is 0 Å². The Kier molecular flexibility index (Phi) is 7.45. The third-order valence-electron chi connectivity index (χ3n) is 3.74. The topological polar surface area (TPSA) is 92.8 Å². The number of para-hydroxylation sites is 1. The Labute approximate surface area is 175 Å². The Morgan fingerprint density at radius 2 is 1.70 bits per heavy atom. The molecule has 0 aliphatic heterocycles. The molecule has 0 radical (unpaired) electrons. The van der Waals surface area contributed by atoms with E-state index in [2.05, 4.69) is 4.74 Å². The first-order valence-electron chi connectivity index (χ1n) is 8.25. The van der Waals surface area contributed by atoms with Crippen molar-refractivity contribution < 1.29 is 35.9 Å². The lowest BCUT2D eigenvalue weighted by atomic mass is 10.1. The van der Waals surface area contributed by atoms with Gasteiger partial charge in [0.2, 0.25) is 10.0 Å². The second kappa shape index (κ2) is 9.45. The Bertz CT molecular complexity index is 1030. The van der Waals surface area contributed by atoms with E-state index in [0.29, 0.717) is 9.33 Å². The maximum absolute atomic E-state index is 12.9. The average Bonchev–Trinajstić information content (AvgIpc) is 2.66. The summed E-state index contributed by atoms with van der Waals surface area (Å²) in [7, 11) is -2.88. The lowest BCUT2D eigenvalue weighted by Crippen LogP contribution is -2.34. The van der Waals surface area contributed by atoms with E-state index < -0.39 is 52.5 Å². The summed E-state index contributed by atoms with van der Waals surface area (Å²) < 4.78 is 68.9. The number of benzene rings is 2. The average molecular weight is 465 g/mol. The fraction of sp³-hybridized carbons (Fsp3) is 0.222. The minimum absolute atomic E-state index is 0.108. The highest BCUT2D eigenvalue weighted by Gasteiger charge is 2.33. The molecule has 0 spiro atoms. The summed E-state index contributed by atoms with van der Waals surface area (Å²) in [6.07, 6.45) is -4.68. The number of nitrogens with one attached hydrogen (secondary N) is 1. The molecule has 1 amide bonds. The number of rotatable bonds is 7. The zero-order valence-electron chi connectivity index (χ0n) is 15.4. The van der Waals surface area contributed by atoms with Gasteiger partial charge in [0.05, 0.1) is 16.1 Å². The minimum Gasteiger partial charge on any atom is -0.455 e. The first-order valence-corrected chi connectivity index (χ1v) is 10.1. The van der Waals surface area contributed by atoms with E-state index in [1.807, 2.05) is 5.32 Å². The van der Waals surface area contributed by atoms with E-state index in [9.17, 15) is 31.2 Å². The van der Waals surface area contributed by atoms with Gasteiger partial charge in [-0.3, -0.25) is 9.59 Å². The van der Waals surface area contributed by atoms with E-state index in [1.165, 1.54) is 30.3 Å². The Morgan fingerprint density at radius 1 is 1.10 bits per heavy atom. The Hall–Kier alpha value is -2.63. The SMILES string of the molecule is CN(CC(=O)OCC(=O)Nc1ccccc1C(F)(F)F)S(=O)(=O)c1ccc(Cl)cc1. The molecule has 12 heteroatoms. The molecule has 0 atom stereocenters. The lowest BCUT2D eigenvalue weighted by Gasteiger charge is -2.17. The molecule has 0 saturated carbocycles. The molecule has 2 aromatic rings. The predicted molar refractivity (Wildman–Crippen MR) is 102 cm³/mol. The van der Waals surface area contributed by atoms with Gasteiger partial charge in [0.25, 0.3) is 5.91 Å². The van der Waals surface area contributed by atoms with Crippen molar-refractivity contribution in [1.82, 2.24) is 4.31 Å². The van der Waals surface area contributed by atoms with Crippen molar-refractivity contribution in [3.63, 3.8) is 0 Å². The monoisotopic (exact) mass is 464 g/mol. The molecule has 0 bridgehead atoms. The number of halogens is 4.